The van der Waals surface area contributed by atoms with Crippen molar-refractivity contribution in [2.24, 2.45) is 17.8 Å². The van der Waals surface area contributed by atoms with Crippen LogP contribution in [0.4, 0.5) is 0 Å². The van der Waals surface area contributed by atoms with Gasteiger partial charge >= 0.3 is 5.97 Å². The molecule has 3 heteroatoms. The lowest BCUT2D eigenvalue weighted by Gasteiger charge is -2.40. The van der Waals surface area contributed by atoms with E-state index in [9.17, 15) is 9.90 Å². The highest BCUT2D eigenvalue weighted by Gasteiger charge is 2.55. The molecule has 5 atom stereocenters. The van der Waals surface area contributed by atoms with Gasteiger partial charge in [0.1, 0.15) is 12.2 Å². The van der Waals surface area contributed by atoms with Crippen molar-refractivity contribution in [1.82, 2.24) is 0 Å². The van der Waals surface area contributed by atoms with E-state index in [0.717, 1.165) is 12.0 Å². The van der Waals surface area contributed by atoms with Gasteiger partial charge in [-0.25, -0.2) is 0 Å². The smallest absolute Gasteiger partial charge is 0.313 e. The van der Waals surface area contributed by atoms with Crippen molar-refractivity contribution in [2.75, 3.05) is 0 Å². The first-order chi connectivity index (χ1) is 6.18. The molecule has 1 heterocycles. The van der Waals surface area contributed by atoms with E-state index >= 15 is 0 Å². The number of carbonyl (C=O) groups is 1. The van der Waals surface area contributed by atoms with E-state index in [1.807, 2.05) is 6.08 Å². The Hall–Kier alpha value is -0.830. The molecule has 0 aromatic carbocycles. The summed E-state index contributed by atoms with van der Waals surface area (Å²) in [6.45, 7) is 2.10. The summed E-state index contributed by atoms with van der Waals surface area (Å²) in [6, 6.07) is 0. The van der Waals surface area contributed by atoms with Crippen molar-refractivity contribution in [3.05, 3.63) is 11.6 Å². The van der Waals surface area contributed by atoms with E-state index in [4.69, 9.17) is 4.74 Å². The van der Waals surface area contributed by atoms with Gasteiger partial charge in [0.2, 0.25) is 0 Å². The zero-order valence-electron chi connectivity index (χ0n) is 7.43. The number of fused-ring (bicyclic) bond motifs is 1. The minimum atomic E-state index is -0.531. The third kappa shape index (κ3) is 0.759. The van der Waals surface area contributed by atoms with Gasteiger partial charge in [-0.15, -0.1) is 0 Å². The van der Waals surface area contributed by atoms with Crippen LogP contribution in [-0.2, 0) is 9.53 Å². The van der Waals surface area contributed by atoms with Gasteiger partial charge in [-0.05, 0) is 17.9 Å². The molecular weight excluding hydrogens is 168 g/mol. The fourth-order valence-corrected chi connectivity index (χ4v) is 2.95. The van der Waals surface area contributed by atoms with E-state index in [1.54, 1.807) is 0 Å². The van der Waals surface area contributed by atoms with Gasteiger partial charge < -0.3 is 9.84 Å². The highest BCUT2D eigenvalue weighted by atomic mass is 16.6. The minimum absolute atomic E-state index is 0.0559. The third-order valence-electron chi connectivity index (χ3n) is 3.63. The summed E-state index contributed by atoms with van der Waals surface area (Å²) in [5.74, 6) is 0.451. The van der Waals surface area contributed by atoms with Crippen molar-refractivity contribution >= 4 is 5.97 Å². The summed E-state index contributed by atoms with van der Waals surface area (Å²) in [7, 11) is 0. The maximum Gasteiger partial charge on any atom is 0.313 e. The zero-order valence-corrected chi connectivity index (χ0v) is 7.43. The van der Waals surface area contributed by atoms with Crippen LogP contribution in [0, 0.1) is 17.8 Å². The SMILES string of the molecule is CC1CC2C3C=C1C(O)C2OC3=O. The van der Waals surface area contributed by atoms with Crippen LogP contribution in [0.2, 0.25) is 0 Å². The summed E-state index contributed by atoms with van der Waals surface area (Å²) in [5, 5.41) is 9.83. The highest BCUT2D eigenvalue weighted by molar-refractivity contribution is 5.79. The molecule has 0 radical (unpaired) electrons. The average molecular weight is 180 g/mol. The number of aliphatic hydroxyl groups is 1. The molecule has 4 rings (SSSR count). The van der Waals surface area contributed by atoms with E-state index in [2.05, 4.69) is 6.92 Å². The number of hydrogen-bond acceptors (Lipinski definition) is 3. The molecule has 13 heavy (non-hydrogen) atoms. The zero-order chi connectivity index (χ0) is 9.16. The Bertz CT molecular complexity index is 307. The number of rotatable bonds is 0. The Morgan fingerprint density at radius 2 is 2.38 bits per heavy atom. The second-order valence-electron chi connectivity index (χ2n) is 4.34. The van der Waals surface area contributed by atoms with Crippen LogP contribution < -0.4 is 0 Å². The van der Waals surface area contributed by atoms with E-state index in [0.29, 0.717) is 5.92 Å². The molecule has 3 aliphatic carbocycles. The maximum atomic E-state index is 11.3. The van der Waals surface area contributed by atoms with Crippen molar-refractivity contribution in [1.29, 1.82) is 0 Å². The van der Waals surface area contributed by atoms with E-state index < -0.39 is 6.10 Å². The molecule has 4 bridgehead atoms. The molecular formula is C10H12O3. The Kier molecular flexibility index (Phi) is 1.25. The first kappa shape index (κ1) is 7.56. The van der Waals surface area contributed by atoms with Crippen molar-refractivity contribution in [3.63, 3.8) is 0 Å². The van der Waals surface area contributed by atoms with Crippen molar-refractivity contribution in [3.8, 4) is 0 Å². The first-order valence-electron chi connectivity index (χ1n) is 4.78. The van der Waals surface area contributed by atoms with Crippen LogP contribution in [-0.4, -0.2) is 23.3 Å². The number of aliphatic hydroxyl groups excluding tert-OH is 1. The summed E-state index contributed by atoms with van der Waals surface area (Å²) in [6.07, 6.45) is 2.14. The van der Waals surface area contributed by atoms with Crippen LogP contribution in [0.25, 0.3) is 0 Å². The van der Waals surface area contributed by atoms with Crippen molar-refractivity contribution < 1.29 is 14.6 Å². The van der Waals surface area contributed by atoms with Crippen LogP contribution >= 0.6 is 0 Å². The Balaban J connectivity index is 2.10. The lowest BCUT2D eigenvalue weighted by Crippen LogP contribution is -2.45. The molecule has 2 fully saturated rings. The second kappa shape index (κ2) is 2.15. The largest absolute Gasteiger partial charge is 0.458 e. The first-order valence-corrected chi connectivity index (χ1v) is 4.78. The molecule has 0 aromatic heterocycles. The number of ether oxygens (including phenoxy) is 1. The monoisotopic (exact) mass is 180 g/mol. The fraction of sp³-hybridized carbons (Fsp3) is 0.700. The second-order valence-corrected chi connectivity index (χ2v) is 4.34. The van der Waals surface area contributed by atoms with Crippen LogP contribution in [0.5, 0.6) is 0 Å². The third-order valence-corrected chi connectivity index (χ3v) is 3.63. The molecule has 0 spiro atoms. The molecule has 4 aliphatic rings. The van der Waals surface area contributed by atoms with Crippen LogP contribution in [0.1, 0.15) is 13.3 Å². The van der Waals surface area contributed by atoms with Gasteiger partial charge in [-0.1, -0.05) is 13.0 Å². The summed E-state index contributed by atoms with van der Waals surface area (Å²) in [5.41, 5.74) is 1.02. The van der Waals surface area contributed by atoms with E-state index in [-0.39, 0.29) is 23.9 Å². The maximum absolute atomic E-state index is 11.3. The minimum Gasteiger partial charge on any atom is -0.458 e. The lowest BCUT2D eigenvalue weighted by atomic mass is 9.65. The summed E-state index contributed by atoms with van der Waals surface area (Å²) >= 11 is 0. The molecule has 1 N–H and O–H groups in total. The number of hydrogen-bond donors (Lipinski definition) is 1. The van der Waals surface area contributed by atoms with Gasteiger partial charge in [0, 0.05) is 5.92 Å². The quantitative estimate of drug-likeness (QED) is 0.436. The van der Waals surface area contributed by atoms with E-state index in [1.165, 1.54) is 0 Å². The van der Waals surface area contributed by atoms with Gasteiger partial charge in [0.05, 0.1) is 5.92 Å². The predicted molar refractivity (Wildman–Crippen MR) is 44.7 cm³/mol. The van der Waals surface area contributed by atoms with Crippen LogP contribution in [0.15, 0.2) is 11.6 Å². The Morgan fingerprint density at radius 3 is 3.15 bits per heavy atom. The Morgan fingerprint density at radius 1 is 1.62 bits per heavy atom. The molecule has 70 valence electrons. The molecule has 0 aromatic rings. The average Bonchev–Trinajstić information content (AvgIpc) is 2.34. The lowest BCUT2D eigenvalue weighted by molar-refractivity contribution is -0.146. The number of carbonyl (C=O) groups excluding carboxylic acids is 1. The standard InChI is InChI=1S/C10H12O3/c1-4-2-6-7-3-5(4)8(11)9(6)13-10(7)12/h3-4,6-9,11H,2H2,1H3. The normalized spacial score (nSPS) is 52.0. The molecule has 3 nitrogen and oxygen atoms in total. The van der Waals surface area contributed by atoms with Gasteiger partial charge in [-0.2, -0.15) is 0 Å². The fourth-order valence-electron chi connectivity index (χ4n) is 2.95. The molecule has 1 saturated carbocycles. The van der Waals surface area contributed by atoms with Gasteiger partial charge in [0.15, 0.2) is 0 Å². The molecule has 0 amide bonds. The van der Waals surface area contributed by atoms with Gasteiger partial charge in [-0.3, -0.25) is 4.79 Å². The predicted octanol–water partition coefficient (Wildman–Crippen LogP) is 0.485. The molecule has 1 aliphatic heterocycles. The highest BCUT2D eigenvalue weighted by Crippen LogP contribution is 2.49. The molecule has 1 saturated heterocycles. The summed E-state index contributed by atoms with van der Waals surface area (Å²) in [4.78, 5) is 11.3. The van der Waals surface area contributed by atoms with Gasteiger partial charge in [0.25, 0.3) is 0 Å². The topological polar surface area (TPSA) is 46.5 Å². The van der Waals surface area contributed by atoms with Crippen LogP contribution in [0.3, 0.4) is 0 Å². The Labute approximate surface area is 76.4 Å². The van der Waals surface area contributed by atoms with Crippen molar-refractivity contribution in [2.45, 2.75) is 25.6 Å². The number of esters is 1. The summed E-state index contributed by atoms with van der Waals surface area (Å²) < 4.78 is 5.14. The molecule has 5 unspecified atom stereocenters.